The summed E-state index contributed by atoms with van der Waals surface area (Å²) in [5.74, 6) is 0.757. The lowest BCUT2D eigenvalue weighted by atomic mass is 9.94. The molecule has 0 radical (unpaired) electrons. The molecule has 1 heterocycles. The Balaban J connectivity index is 2.08. The molecule has 0 saturated carbocycles. The molecule has 0 spiro atoms. The molecule has 104 valence electrons. The molecule has 0 bridgehead atoms. The number of carbonyl (C=O) groups is 1. The molecule has 0 aliphatic carbocycles. The van der Waals surface area contributed by atoms with E-state index in [1.54, 1.807) is 0 Å². The third-order valence-electron chi connectivity index (χ3n) is 3.39. The van der Waals surface area contributed by atoms with E-state index in [1.807, 2.05) is 38.1 Å². The summed E-state index contributed by atoms with van der Waals surface area (Å²) in [6.45, 7) is 4.10. The first kappa shape index (κ1) is 13.9. The highest BCUT2D eigenvalue weighted by molar-refractivity contribution is 5.80. The predicted molar refractivity (Wildman–Crippen MR) is 73.1 cm³/mol. The highest BCUT2D eigenvalue weighted by Crippen LogP contribution is 2.26. The Morgan fingerprint density at radius 3 is 2.95 bits per heavy atom. The fraction of sp³-hybridized carbons (Fsp3) is 0.533. The summed E-state index contributed by atoms with van der Waals surface area (Å²) in [7, 11) is 0. The van der Waals surface area contributed by atoms with Gasteiger partial charge in [-0.1, -0.05) is 18.2 Å². The van der Waals surface area contributed by atoms with Gasteiger partial charge in [-0.25, -0.2) is 0 Å². The van der Waals surface area contributed by atoms with Crippen LogP contribution in [0.3, 0.4) is 0 Å². The number of benzene rings is 1. The minimum atomic E-state index is -0.580. The van der Waals surface area contributed by atoms with Crippen LogP contribution in [-0.4, -0.2) is 29.8 Å². The zero-order valence-corrected chi connectivity index (χ0v) is 11.5. The number of hydrogen-bond donors (Lipinski definition) is 2. The van der Waals surface area contributed by atoms with Gasteiger partial charge in [0.1, 0.15) is 5.75 Å². The molecule has 2 N–H and O–H groups in total. The van der Waals surface area contributed by atoms with Gasteiger partial charge in [-0.05, 0) is 38.3 Å². The van der Waals surface area contributed by atoms with Crippen molar-refractivity contribution in [1.29, 1.82) is 0 Å². The van der Waals surface area contributed by atoms with Crippen LogP contribution in [0.25, 0.3) is 0 Å². The third kappa shape index (κ3) is 3.47. The van der Waals surface area contributed by atoms with E-state index in [-0.39, 0.29) is 18.4 Å². The van der Waals surface area contributed by atoms with Gasteiger partial charge < -0.3 is 15.2 Å². The monoisotopic (exact) mass is 263 g/mol. The molecule has 4 heteroatoms. The Bertz CT molecular complexity index is 456. The Morgan fingerprint density at radius 1 is 1.47 bits per heavy atom. The number of para-hydroxylation sites is 1. The summed E-state index contributed by atoms with van der Waals surface area (Å²) in [6, 6.07) is 7.83. The number of fused-ring (bicyclic) bond motifs is 1. The van der Waals surface area contributed by atoms with Gasteiger partial charge in [0.25, 0.3) is 0 Å². The van der Waals surface area contributed by atoms with Crippen molar-refractivity contribution < 1.29 is 14.6 Å². The summed E-state index contributed by atoms with van der Waals surface area (Å²) in [5, 5.41) is 12.1. The number of rotatable bonds is 3. The predicted octanol–water partition coefficient (Wildman–Crippen LogP) is 1.51. The molecular weight excluding hydrogens is 242 g/mol. The van der Waals surface area contributed by atoms with Gasteiger partial charge in [0.2, 0.25) is 5.91 Å². The van der Waals surface area contributed by atoms with Crippen molar-refractivity contribution in [2.24, 2.45) is 5.92 Å². The van der Waals surface area contributed by atoms with Gasteiger partial charge in [-0.2, -0.15) is 0 Å². The summed E-state index contributed by atoms with van der Waals surface area (Å²) < 4.78 is 5.66. The van der Waals surface area contributed by atoms with Crippen molar-refractivity contribution in [2.75, 3.05) is 13.2 Å². The smallest absolute Gasteiger partial charge is 0.224 e. The second kappa shape index (κ2) is 5.61. The SMILES string of the molecule is CC(C)(CO)NC(=O)[C@@H]1CCOc2ccccc2C1. The molecule has 0 unspecified atom stereocenters. The number of amides is 1. The standard InChI is InChI=1S/C15H21NO3/c1-15(2,10-17)16-14(18)12-7-8-19-13-6-4-3-5-11(13)9-12/h3-6,12,17H,7-10H2,1-2H3,(H,16,18)/t12-/m1/s1. The Morgan fingerprint density at radius 2 is 2.21 bits per heavy atom. The minimum absolute atomic E-state index is 0.0145. The fourth-order valence-electron chi connectivity index (χ4n) is 2.19. The van der Waals surface area contributed by atoms with E-state index >= 15 is 0 Å². The van der Waals surface area contributed by atoms with Gasteiger partial charge in [-0.15, -0.1) is 0 Å². The van der Waals surface area contributed by atoms with E-state index in [4.69, 9.17) is 4.74 Å². The minimum Gasteiger partial charge on any atom is -0.493 e. The zero-order chi connectivity index (χ0) is 13.9. The van der Waals surface area contributed by atoms with Crippen molar-refractivity contribution in [2.45, 2.75) is 32.2 Å². The molecule has 1 aliphatic heterocycles. The molecule has 1 aliphatic rings. The van der Waals surface area contributed by atoms with E-state index < -0.39 is 5.54 Å². The molecule has 4 nitrogen and oxygen atoms in total. The lowest BCUT2D eigenvalue weighted by molar-refractivity contribution is -0.127. The molecule has 2 rings (SSSR count). The van der Waals surface area contributed by atoms with Crippen molar-refractivity contribution in [3.8, 4) is 5.75 Å². The Kier molecular flexibility index (Phi) is 4.10. The first-order valence-corrected chi connectivity index (χ1v) is 6.65. The number of aliphatic hydroxyl groups excluding tert-OH is 1. The van der Waals surface area contributed by atoms with Crippen molar-refractivity contribution >= 4 is 5.91 Å². The van der Waals surface area contributed by atoms with Crippen molar-refractivity contribution in [3.63, 3.8) is 0 Å². The van der Waals surface area contributed by atoms with E-state index in [0.717, 1.165) is 11.3 Å². The summed E-state index contributed by atoms with van der Waals surface area (Å²) in [4.78, 5) is 12.3. The van der Waals surface area contributed by atoms with Gasteiger partial charge >= 0.3 is 0 Å². The molecule has 1 aromatic rings. The highest BCUT2D eigenvalue weighted by atomic mass is 16.5. The number of nitrogens with one attached hydrogen (secondary N) is 1. The lowest BCUT2D eigenvalue weighted by Crippen LogP contribution is -2.49. The number of hydrogen-bond acceptors (Lipinski definition) is 3. The number of carbonyl (C=O) groups excluding carboxylic acids is 1. The highest BCUT2D eigenvalue weighted by Gasteiger charge is 2.27. The van der Waals surface area contributed by atoms with Crippen LogP contribution in [-0.2, 0) is 11.2 Å². The summed E-state index contributed by atoms with van der Waals surface area (Å²) >= 11 is 0. The Hall–Kier alpha value is -1.55. The normalized spacial score (nSPS) is 19.0. The molecule has 1 aromatic carbocycles. The van der Waals surface area contributed by atoms with E-state index in [1.165, 1.54) is 0 Å². The quantitative estimate of drug-likeness (QED) is 0.869. The maximum Gasteiger partial charge on any atom is 0.224 e. The van der Waals surface area contributed by atoms with E-state index in [9.17, 15) is 9.90 Å². The summed E-state index contributed by atoms with van der Waals surface area (Å²) in [6.07, 6.45) is 1.38. The molecule has 1 amide bonds. The van der Waals surface area contributed by atoms with Crippen molar-refractivity contribution in [1.82, 2.24) is 5.32 Å². The van der Waals surface area contributed by atoms with E-state index in [2.05, 4.69) is 5.32 Å². The van der Waals surface area contributed by atoms with Gasteiger partial charge in [-0.3, -0.25) is 4.79 Å². The van der Waals surface area contributed by atoms with Crippen LogP contribution in [0, 0.1) is 5.92 Å². The zero-order valence-electron chi connectivity index (χ0n) is 11.5. The number of aliphatic hydroxyl groups is 1. The largest absolute Gasteiger partial charge is 0.493 e. The molecule has 0 aromatic heterocycles. The van der Waals surface area contributed by atoms with Gasteiger partial charge in [0, 0.05) is 5.92 Å². The van der Waals surface area contributed by atoms with Crippen LogP contribution >= 0.6 is 0 Å². The van der Waals surface area contributed by atoms with Crippen LogP contribution in [0.1, 0.15) is 25.8 Å². The van der Waals surface area contributed by atoms with Crippen LogP contribution in [0.2, 0.25) is 0 Å². The molecule has 1 atom stereocenters. The fourth-order valence-corrected chi connectivity index (χ4v) is 2.19. The van der Waals surface area contributed by atoms with Gasteiger partial charge in [0.05, 0.1) is 18.8 Å². The first-order chi connectivity index (χ1) is 9.02. The van der Waals surface area contributed by atoms with Crippen LogP contribution in [0.15, 0.2) is 24.3 Å². The summed E-state index contributed by atoms with van der Waals surface area (Å²) in [5.41, 5.74) is 0.492. The van der Waals surface area contributed by atoms with Gasteiger partial charge in [0.15, 0.2) is 0 Å². The topological polar surface area (TPSA) is 58.6 Å². The lowest BCUT2D eigenvalue weighted by Gasteiger charge is -2.26. The maximum atomic E-state index is 12.3. The second-order valence-corrected chi connectivity index (χ2v) is 5.68. The van der Waals surface area contributed by atoms with E-state index in [0.29, 0.717) is 19.4 Å². The second-order valence-electron chi connectivity index (χ2n) is 5.68. The molecule has 0 saturated heterocycles. The van der Waals surface area contributed by atoms with Crippen molar-refractivity contribution in [3.05, 3.63) is 29.8 Å². The van der Waals surface area contributed by atoms with Crippen LogP contribution in [0.5, 0.6) is 5.75 Å². The first-order valence-electron chi connectivity index (χ1n) is 6.65. The maximum absolute atomic E-state index is 12.3. The molecule has 19 heavy (non-hydrogen) atoms. The molecule has 0 fully saturated rings. The average molecular weight is 263 g/mol. The van der Waals surface area contributed by atoms with Crippen LogP contribution in [0.4, 0.5) is 0 Å². The average Bonchev–Trinajstić information content (AvgIpc) is 2.60. The Labute approximate surface area is 113 Å². The van der Waals surface area contributed by atoms with Crippen LogP contribution < -0.4 is 10.1 Å². The third-order valence-corrected chi connectivity index (χ3v) is 3.39. The number of ether oxygens (including phenoxy) is 1. The molecular formula is C15H21NO3.